The molecule has 2 N–H and O–H groups in total. The Morgan fingerprint density at radius 1 is 1.11 bits per heavy atom. The summed E-state index contributed by atoms with van der Waals surface area (Å²) in [6.07, 6.45) is 2.97. The minimum atomic E-state index is -3.73. The van der Waals surface area contributed by atoms with Crippen molar-refractivity contribution in [2.24, 2.45) is 10.5 Å². The number of benzene rings is 2. The first-order valence-electron chi connectivity index (χ1n) is 9.09. The Labute approximate surface area is 167 Å². The van der Waals surface area contributed by atoms with Crippen molar-refractivity contribution < 1.29 is 13.5 Å². The van der Waals surface area contributed by atoms with Gasteiger partial charge in [0, 0.05) is 5.56 Å². The first-order chi connectivity index (χ1) is 13.0. The van der Waals surface area contributed by atoms with Crippen molar-refractivity contribution in [1.29, 1.82) is 0 Å². The molecule has 2 rings (SSSR count). The summed E-state index contributed by atoms with van der Waals surface area (Å²) in [5.41, 5.74) is 2.88. The fraction of sp³-hybridized carbons (Fsp3) is 0.318. The van der Waals surface area contributed by atoms with Gasteiger partial charge in [-0.15, -0.1) is 0 Å². The van der Waals surface area contributed by atoms with Gasteiger partial charge < -0.3 is 5.11 Å². The molecule has 1 atom stereocenters. The summed E-state index contributed by atoms with van der Waals surface area (Å²) in [5, 5.41) is 14.3. The number of hydrogen-bond acceptors (Lipinski definition) is 4. The highest BCUT2D eigenvalue weighted by Gasteiger charge is 2.19. The molecule has 0 aliphatic heterocycles. The maximum Gasteiger partial charge on any atom is 0.276 e. The molecule has 0 spiro atoms. The molecule has 150 valence electrons. The lowest BCUT2D eigenvalue weighted by Crippen LogP contribution is -2.23. The summed E-state index contributed by atoms with van der Waals surface area (Å²) in [7, 11) is -3.73. The average Bonchev–Trinajstić information content (AvgIpc) is 2.64. The minimum absolute atomic E-state index is 0.163. The maximum atomic E-state index is 12.4. The molecule has 0 aliphatic carbocycles. The largest absolute Gasteiger partial charge is 0.388 e. The van der Waals surface area contributed by atoms with E-state index < -0.39 is 16.1 Å². The van der Waals surface area contributed by atoms with Crippen molar-refractivity contribution in [2.75, 3.05) is 0 Å². The van der Waals surface area contributed by atoms with Crippen LogP contribution in [0.4, 0.5) is 0 Å². The van der Waals surface area contributed by atoms with Gasteiger partial charge in [-0.2, -0.15) is 18.4 Å². The second-order valence-corrected chi connectivity index (χ2v) is 9.52. The second kappa shape index (κ2) is 8.71. The van der Waals surface area contributed by atoms with Crippen molar-refractivity contribution in [3.63, 3.8) is 0 Å². The first kappa shape index (κ1) is 21.9. The molecule has 1 unspecified atom stereocenters. The van der Waals surface area contributed by atoms with Gasteiger partial charge in [0.25, 0.3) is 10.0 Å². The predicted octanol–water partition coefficient (Wildman–Crippen LogP) is 4.12. The Morgan fingerprint density at radius 2 is 1.71 bits per heavy atom. The van der Waals surface area contributed by atoms with Gasteiger partial charge in [-0.1, -0.05) is 74.9 Å². The van der Waals surface area contributed by atoms with Gasteiger partial charge in [-0.25, -0.2) is 0 Å². The summed E-state index contributed by atoms with van der Waals surface area (Å²) in [6.45, 7) is 9.51. The molecule has 0 fully saturated rings. The van der Waals surface area contributed by atoms with E-state index in [1.807, 2.05) is 58.0 Å². The molecule has 0 radical (unpaired) electrons. The highest BCUT2D eigenvalue weighted by atomic mass is 32.2. The number of hydrogen-bond donors (Lipinski definition) is 2. The summed E-state index contributed by atoms with van der Waals surface area (Å²) in [4.78, 5) is 2.46. The summed E-state index contributed by atoms with van der Waals surface area (Å²) in [6, 6.07) is 14.1. The van der Waals surface area contributed by atoms with Crippen molar-refractivity contribution in [1.82, 2.24) is 4.83 Å². The zero-order chi connectivity index (χ0) is 20.9. The summed E-state index contributed by atoms with van der Waals surface area (Å²) < 4.78 is 24.8. The van der Waals surface area contributed by atoms with E-state index in [2.05, 4.69) is 9.93 Å². The van der Waals surface area contributed by atoms with Crippen molar-refractivity contribution in [2.45, 2.75) is 45.6 Å². The third kappa shape index (κ3) is 5.78. The quantitative estimate of drug-likeness (QED) is 0.565. The lowest BCUT2D eigenvalue weighted by Gasteiger charge is -2.22. The van der Waals surface area contributed by atoms with Gasteiger partial charge in [-0.05, 0) is 37.0 Å². The molecule has 0 aliphatic rings. The van der Waals surface area contributed by atoms with Gasteiger partial charge in [-0.3, -0.25) is 0 Å². The zero-order valence-corrected chi connectivity index (χ0v) is 17.8. The Morgan fingerprint density at radius 3 is 2.32 bits per heavy atom. The van der Waals surface area contributed by atoms with Gasteiger partial charge in [0.2, 0.25) is 0 Å². The van der Waals surface area contributed by atoms with Gasteiger partial charge in [0.1, 0.15) is 0 Å². The van der Waals surface area contributed by atoms with E-state index >= 15 is 0 Å². The SMILES string of the molecule is C/C(=N\NS(=O)(=O)c1ccc(C)cc1)c1ccccc1/C=C/C(O)C(C)(C)C. The number of aliphatic hydroxyl groups is 1. The molecule has 0 aromatic heterocycles. The number of nitrogens with one attached hydrogen (secondary N) is 1. The Balaban J connectivity index is 2.25. The number of sulfonamides is 1. The highest BCUT2D eigenvalue weighted by molar-refractivity contribution is 7.89. The molecular formula is C22H28N2O3S. The van der Waals surface area contributed by atoms with Crippen molar-refractivity contribution in [3.8, 4) is 0 Å². The molecule has 0 amide bonds. The number of aliphatic hydroxyl groups excluding tert-OH is 1. The van der Waals surface area contributed by atoms with Crippen LogP contribution in [0.3, 0.4) is 0 Å². The normalized spacial score (nSPS) is 14.3. The van der Waals surface area contributed by atoms with E-state index in [1.54, 1.807) is 37.3 Å². The lowest BCUT2D eigenvalue weighted by molar-refractivity contribution is 0.106. The minimum Gasteiger partial charge on any atom is -0.388 e. The molecular weight excluding hydrogens is 372 g/mol. The monoisotopic (exact) mass is 400 g/mol. The van der Waals surface area contributed by atoms with Crippen LogP contribution in [0.2, 0.25) is 0 Å². The number of rotatable bonds is 6. The third-order valence-electron chi connectivity index (χ3n) is 4.36. The van der Waals surface area contributed by atoms with E-state index in [9.17, 15) is 13.5 Å². The van der Waals surface area contributed by atoms with Crippen molar-refractivity contribution >= 4 is 21.8 Å². The molecule has 5 nitrogen and oxygen atoms in total. The molecule has 2 aromatic rings. The first-order valence-corrected chi connectivity index (χ1v) is 10.6. The molecule has 0 saturated heterocycles. The van der Waals surface area contributed by atoms with Crippen LogP contribution < -0.4 is 4.83 Å². The fourth-order valence-corrected chi connectivity index (χ4v) is 3.27. The second-order valence-electron chi connectivity index (χ2n) is 7.86. The maximum absolute atomic E-state index is 12.4. The fourth-order valence-electron chi connectivity index (χ4n) is 2.41. The smallest absolute Gasteiger partial charge is 0.276 e. The third-order valence-corrected chi connectivity index (χ3v) is 5.59. The van der Waals surface area contributed by atoms with Gasteiger partial charge in [0.05, 0.1) is 16.7 Å². The van der Waals surface area contributed by atoms with E-state index in [0.29, 0.717) is 5.71 Å². The predicted molar refractivity (Wildman–Crippen MR) is 115 cm³/mol. The Bertz CT molecular complexity index is 970. The van der Waals surface area contributed by atoms with Crippen molar-refractivity contribution in [3.05, 3.63) is 71.3 Å². The Hall–Kier alpha value is -2.44. The average molecular weight is 401 g/mol. The van der Waals surface area contributed by atoms with Crippen LogP contribution in [-0.2, 0) is 10.0 Å². The molecule has 28 heavy (non-hydrogen) atoms. The van der Waals surface area contributed by atoms with Crippen LogP contribution in [0.25, 0.3) is 6.08 Å². The Kier molecular flexibility index (Phi) is 6.80. The van der Waals surface area contributed by atoms with Gasteiger partial charge in [0.15, 0.2) is 0 Å². The number of aryl methyl sites for hydroxylation is 1. The molecule has 2 aromatic carbocycles. The topological polar surface area (TPSA) is 78.8 Å². The van der Waals surface area contributed by atoms with E-state index in [4.69, 9.17) is 0 Å². The van der Waals surface area contributed by atoms with E-state index in [1.165, 1.54) is 0 Å². The van der Waals surface area contributed by atoms with Crippen LogP contribution in [0.1, 0.15) is 44.4 Å². The zero-order valence-electron chi connectivity index (χ0n) is 17.0. The van der Waals surface area contributed by atoms with E-state index in [0.717, 1.165) is 16.7 Å². The van der Waals surface area contributed by atoms with Gasteiger partial charge >= 0.3 is 0 Å². The summed E-state index contributed by atoms with van der Waals surface area (Å²) in [5.74, 6) is 0. The van der Waals surface area contributed by atoms with E-state index in [-0.39, 0.29) is 10.3 Å². The van der Waals surface area contributed by atoms with Crippen LogP contribution in [0.15, 0.2) is 64.6 Å². The van der Waals surface area contributed by atoms with Crippen LogP contribution in [0.5, 0.6) is 0 Å². The standard InChI is InChI=1S/C22H28N2O3S/c1-16-10-13-19(14-11-16)28(26,27)24-23-17(2)20-9-7-6-8-18(20)12-15-21(25)22(3,4)5/h6-15,21,24-25H,1-5H3/b15-12+,23-17+. The molecule has 0 saturated carbocycles. The summed E-state index contributed by atoms with van der Waals surface area (Å²) >= 11 is 0. The van der Waals surface area contributed by atoms with Crippen LogP contribution in [-0.4, -0.2) is 25.3 Å². The lowest BCUT2D eigenvalue weighted by atomic mass is 9.88. The number of nitrogens with zero attached hydrogens (tertiary/aromatic N) is 1. The number of hydrazone groups is 1. The molecule has 0 bridgehead atoms. The molecule has 6 heteroatoms. The highest BCUT2D eigenvalue weighted by Crippen LogP contribution is 2.21. The van der Waals surface area contributed by atoms with Crippen LogP contribution in [0, 0.1) is 12.3 Å². The van der Waals surface area contributed by atoms with Crippen LogP contribution >= 0.6 is 0 Å². The molecule has 0 heterocycles.